The summed E-state index contributed by atoms with van der Waals surface area (Å²) in [5.41, 5.74) is 0.382. The largest absolute Gasteiger partial charge is 0.495 e. The molecule has 8 heteroatoms. The zero-order valence-electron chi connectivity index (χ0n) is 16.6. The Morgan fingerprint density at radius 3 is 2.57 bits per heavy atom. The molecule has 3 aromatic rings. The smallest absolute Gasteiger partial charge is 0.349 e. The van der Waals surface area contributed by atoms with Crippen molar-refractivity contribution in [2.45, 2.75) is 12.8 Å². The van der Waals surface area contributed by atoms with E-state index in [9.17, 15) is 14.4 Å². The molecule has 30 heavy (non-hydrogen) atoms. The van der Waals surface area contributed by atoms with Crippen molar-refractivity contribution in [3.8, 4) is 11.5 Å². The molecule has 0 spiro atoms. The van der Waals surface area contributed by atoms with Crippen LogP contribution in [-0.4, -0.2) is 32.6 Å². The van der Waals surface area contributed by atoms with Gasteiger partial charge in [-0.3, -0.25) is 9.59 Å². The van der Waals surface area contributed by atoms with Crippen LogP contribution < -0.4 is 25.3 Å². The Labute approximate surface area is 172 Å². The molecule has 1 N–H and O–H groups in total. The number of hydrogen-bond acceptors (Lipinski definition) is 6. The highest BCUT2D eigenvalue weighted by Gasteiger charge is 2.25. The number of ether oxygens (including phenoxy) is 2. The molecule has 0 radical (unpaired) electrons. The number of nitrogens with zero attached hydrogens (tertiary/aromatic N) is 1. The van der Waals surface area contributed by atoms with Crippen molar-refractivity contribution >= 4 is 34.2 Å². The van der Waals surface area contributed by atoms with Crippen molar-refractivity contribution in [2.75, 3.05) is 31.0 Å². The Morgan fingerprint density at radius 1 is 1.07 bits per heavy atom. The Morgan fingerprint density at radius 2 is 1.87 bits per heavy atom. The fourth-order valence-electron chi connectivity index (χ4n) is 3.52. The Balaban J connectivity index is 1.66. The molecule has 1 aromatic heterocycles. The molecule has 2 aromatic carbocycles. The summed E-state index contributed by atoms with van der Waals surface area (Å²) in [7, 11) is 2.99. The van der Waals surface area contributed by atoms with Gasteiger partial charge in [-0.05, 0) is 36.8 Å². The van der Waals surface area contributed by atoms with Crippen LogP contribution in [0.2, 0.25) is 0 Å². The number of benzene rings is 2. The summed E-state index contributed by atoms with van der Waals surface area (Å²) in [6.07, 6.45) is 1.24. The van der Waals surface area contributed by atoms with Crippen LogP contribution in [0.4, 0.5) is 11.4 Å². The number of carbonyl (C=O) groups is 2. The average molecular weight is 408 g/mol. The summed E-state index contributed by atoms with van der Waals surface area (Å²) in [6, 6.07) is 11.6. The van der Waals surface area contributed by atoms with Gasteiger partial charge in [-0.25, -0.2) is 4.79 Å². The number of para-hydroxylation sites is 1. The van der Waals surface area contributed by atoms with Crippen molar-refractivity contribution in [2.24, 2.45) is 0 Å². The number of anilines is 2. The summed E-state index contributed by atoms with van der Waals surface area (Å²) in [4.78, 5) is 38.9. The number of methoxy groups -OCH3 is 2. The van der Waals surface area contributed by atoms with E-state index in [1.54, 1.807) is 41.3 Å². The molecule has 2 heterocycles. The van der Waals surface area contributed by atoms with Gasteiger partial charge >= 0.3 is 5.63 Å². The van der Waals surface area contributed by atoms with Crippen LogP contribution in [0.1, 0.15) is 23.2 Å². The maximum atomic E-state index is 12.8. The van der Waals surface area contributed by atoms with Gasteiger partial charge in [-0.15, -0.1) is 0 Å². The van der Waals surface area contributed by atoms with Crippen molar-refractivity contribution in [1.29, 1.82) is 0 Å². The second-order valence-corrected chi connectivity index (χ2v) is 6.82. The Kier molecular flexibility index (Phi) is 5.14. The van der Waals surface area contributed by atoms with Gasteiger partial charge in [-0.1, -0.05) is 12.1 Å². The molecular weight excluding hydrogens is 388 g/mol. The van der Waals surface area contributed by atoms with E-state index in [-0.39, 0.29) is 17.1 Å². The fourth-order valence-corrected chi connectivity index (χ4v) is 3.52. The first-order chi connectivity index (χ1) is 14.5. The maximum Gasteiger partial charge on any atom is 0.349 e. The molecule has 154 valence electrons. The van der Waals surface area contributed by atoms with Gasteiger partial charge < -0.3 is 24.1 Å². The van der Waals surface area contributed by atoms with E-state index in [1.165, 1.54) is 20.3 Å². The van der Waals surface area contributed by atoms with Crippen LogP contribution in [0, 0.1) is 0 Å². The van der Waals surface area contributed by atoms with E-state index in [4.69, 9.17) is 13.9 Å². The third kappa shape index (κ3) is 3.47. The minimum atomic E-state index is -0.770. The molecule has 2 amide bonds. The van der Waals surface area contributed by atoms with Crippen LogP contribution >= 0.6 is 0 Å². The van der Waals surface area contributed by atoms with Gasteiger partial charge in [0.2, 0.25) is 5.91 Å². The van der Waals surface area contributed by atoms with Gasteiger partial charge in [0.15, 0.2) is 11.3 Å². The van der Waals surface area contributed by atoms with E-state index in [1.807, 2.05) is 0 Å². The lowest BCUT2D eigenvalue weighted by molar-refractivity contribution is -0.117. The number of amides is 2. The first-order valence-electron chi connectivity index (χ1n) is 9.42. The van der Waals surface area contributed by atoms with Gasteiger partial charge in [0.1, 0.15) is 11.3 Å². The topological polar surface area (TPSA) is 98.1 Å². The van der Waals surface area contributed by atoms with E-state index < -0.39 is 11.5 Å². The number of nitrogens with one attached hydrogen (secondary N) is 1. The first kappa shape index (κ1) is 19.5. The van der Waals surface area contributed by atoms with Crippen LogP contribution in [0.25, 0.3) is 11.0 Å². The minimum Gasteiger partial charge on any atom is -0.495 e. The second-order valence-electron chi connectivity index (χ2n) is 6.82. The lowest BCUT2D eigenvalue weighted by Gasteiger charge is -2.20. The van der Waals surface area contributed by atoms with Crippen LogP contribution in [0.3, 0.4) is 0 Å². The zero-order valence-corrected chi connectivity index (χ0v) is 16.6. The fraction of sp³-hybridized carbons (Fsp3) is 0.227. The van der Waals surface area contributed by atoms with Crippen LogP contribution in [0.15, 0.2) is 51.7 Å². The van der Waals surface area contributed by atoms with Gasteiger partial charge in [0.05, 0.1) is 19.9 Å². The lowest BCUT2D eigenvalue weighted by atomic mass is 10.1. The molecule has 0 bridgehead atoms. The van der Waals surface area contributed by atoms with Crippen LogP contribution in [0.5, 0.6) is 11.5 Å². The highest BCUT2D eigenvalue weighted by molar-refractivity contribution is 6.06. The van der Waals surface area contributed by atoms with E-state index in [2.05, 4.69) is 5.32 Å². The minimum absolute atomic E-state index is 0.000831. The predicted octanol–water partition coefficient (Wildman–Crippen LogP) is 3.19. The third-order valence-electron chi connectivity index (χ3n) is 4.99. The third-order valence-corrected chi connectivity index (χ3v) is 4.99. The van der Waals surface area contributed by atoms with E-state index in [0.717, 1.165) is 6.42 Å². The molecule has 0 aliphatic carbocycles. The van der Waals surface area contributed by atoms with Crippen molar-refractivity contribution < 1.29 is 23.5 Å². The molecule has 0 saturated carbocycles. The van der Waals surface area contributed by atoms with Crippen molar-refractivity contribution in [3.05, 3.63) is 58.4 Å². The quantitative estimate of drug-likeness (QED) is 0.651. The first-order valence-corrected chi connectivity index (χ1v) is 9.42. The highest BCUT2D eigenvalue weighted by Crippen LogP contribution is 2.34. The zero-order chi connectivity index (χ0) is 21.3. The summed E-state index contributed by atoms with van der Waals surface area (Å²) in [5.74, 6) is 0.324. The van der Waals surface area contributed by atoms with Crippen molar-refractivity contribution in [3.63, 3.8) is 0 Å². The number of fused-ring (bicyclic) bond motifs is 1. The van der Waals surface area contributed by atoms with Gasteiger partial charge in [-0.2, -0.15) is 0 Å². The normalized spacial score (nSPS) is 13.5. The second kappa shape index (κ2) is 7.90. The number of carbonyl (C=O) groups excluding carboxylic acids is 2. The summed E-state index contributed by atoms with van der Waals surface area (Å²) in [6.45, 7) is 0.586. The summed E-state index contributed by atoms with van der Waals surface area (Å²) in [5, 5.41) is 3.27. The highest BCUT2D eigenvalue weighted by atomic mass is 16.5. The molecule has 1 aliphatic heterocycles. The average Bonchev–Trinajstić information content (AvgIpc) is 3.18. The summed E-state index contributed by atoms with van der Waals surface area (Å²) < 4.78 is 15.9. The Hall–Kier alpha value is -3.81. The van der Waals surface area contributed by atoms with Crippen molar-refractivity contribution in [1.82, 2.24) is 0 Å². The molecule has 1 saturated heterocycles. The number of hydrogen-bond donors (Lipinski definition) is 1. The molecule has 1 aliphatic rings. The SMILES string of the molecule is COc1ccc(NC(=O)c2cc3cccc(OC)c3oc2=O)cc1N1CCCC1=O. The Bertz CT molecular complexity index is 1200. The van der Waals surface area contributed by atoms with Gasteiger partial charge in [0, 0.05) is 24.0 Å². The number of rotatable bonds is 5. The van der Waals surface area contributed by atoms with Gasteiger partial charge in [0.25, 0.3) is 5.91 Å². The molecule has 4 rings (SSSR count). The lowest BCUT2D eigenvalue weighted by Crippen LogP contribution is -2.25. The standard InChI is InChI=1S/C22H20N2O6/c1-28-17-9-8-14(12-16(17)24-10-4-7-19(24)25)23-21(26)15-11-13-5-3-6-18(29-2)20(13)30-22(15)27/h3,5-6,8-9,11-12H,4,7,10H2,1-2H3,(H,23,26). The molecule has 8 nitrogen and oxygen atoms in total. The predicted molar refractivity (Wildman–Crippen MR) is 112 cm³/mol. The molecule has 0 unspecified atom stereocenters. The molecule has 1 fully saturated rings. The van der Waals surface area contributed by atoms with E-state index in [0.29, 0.717) is 41.2 Å². The molecular formula is C22H20N2O6. The summed E-state index contributed by atoms with van der Waals surface area (Å²) >= 11 is 0. The monoisotopic (exact) mass is 408 g/mol. The van der Waals surface area contributed by atoms with E-state index >= 15 is 0 Å². The van der Waals surface area contributed by atoms with Crippen LogP contribution in [-0.2, 0) is 4.79 Å². The molecule has 0 atom stereocenters. The maximum absolute atomic E-state index is 12.8.